The highest BCUT2D eigenvalue weighted by atomic mass is 19.1. The third-order valence-electron chi connectivity index (χ3n) is 4.82. The van der Waals surface area contributed by atoms with E-state index in [4.69, 9.17) is 5.73 Å². The molecule has 7 nitrogen and oxygen atoms in total. The lowest BCUT2D eigenvalue weighted by Crippen LogP contribution is -2.43. The van der Waals surface area contributed by atoms with Crippen LogP contribution in [0, 0.1) is 5.82 Å². The van der Waals surface area contributed by atoms with Gasteiger partial charge in [-0.1, -0.05) is 12.8 Å². The van der Waals surface area contributed by atoms with Crippen LogP contribution in [-0.2, 0) is 7.05 Å². The summed E-state index contributed by atoms with van der Waals surface area (Å²) in [5.41, 5.74) is 7.55. The smallest absolute Gasteiger partial charge is 0.279 e. The molecule has 0 bridgehead atoms. The molecule has 8 heteroatoms. The SMILES string of the molecule is Cn1cc(-c2nc(N[C@@H]3CCCC[C@@H]3N)c(F)c3c2C(=O)N=C3)cn1. The minimum Gasteiger partial charge on any atom is -0.363 e. The number of carbonyl (C=O) groups is 1. The van der Waals surface area contributed by atoms with Crippen LogP contribution in [0.1, 0.15) is 41.6 Å². The fraction of sp³-hybridized carbons (Fsp3) is 0.412. The summed E-state index contributed by atoms with van der Waals surface area (Å²) >= 11 is 0. The van der Waals surface area contributed by atoms with E-state index in [-0.39, 0.29) is 29.0 Å². The molecule has 130 valence electrons. The van der Waals surface area contributed by atoms with E-state index in [1.807, 2.05) is 0 Å². The predicted molar refractivity (Wildman–Crippen MR) is 92.2 cm³/mol. The van der Waals surface area contributed by atoms with Gasteiger partial charge in [-0.3, -0.25) is 9.48 Å². The average molecular weight is 342 g/mol. The van der Waals surface area contributed by atoms with E-state index in [0.29, 0.717) is 11.3 Å². The van der Waals surface area contributed by atoms with Crippen LogP contribution in [0.15, 0.2) is 17.4 Å². The number of fused-ring (bicyclic) bond motifs is 1. The average Bonchev–Trinajstić information content (AvgIpc) is 3.19. The van der Waals surface area contributed by atoms with Gasteiger partial charge in [0.1, 0.15) is 0 Å². The van der Waals surface area contributed by atoms with E-state index in [1.165, 1.54) is 6.21 Å². The second-order valence-corrected chi connectivity index (χ2v) is 6.58. The van der Waals surface area contributed by atoms with Crippen LogP contribution >= 0.6 is 0 Å². The number of amides is 1. The third kappa shape index (κ3) is 2.72. The van der Waals surface area contributed by atoms with Crippen molar-refractivity contribution in [1.29, 1.82) is 0 Å². The topological polar surface area (TPSA) is 98.2 Å². The normalized spacial score (nSPS) is 22.3. The molecule has 2 aliphatic rings. The lowest BCUT2D eigenvalue weighted by atomic mass is 9.91. The highest BCUT2D eigenvalue weighted by molar-refractivity contribution is 6.16. The number of aryl methyl sites for hydroxylation is 1. The molecule has 0 aromatic carbocycles. The second kappa shape index (κ2) is 6.03. The molecular weight excluding hydrogens is 323 g/mol. The summed E-state index contributed by atoms with van der Waals surface area (Å²) in [6.45, 7) is 0. The van der Waals surface area contributed by atoms with Gasteiger partial charge in [0.25, 0.3) is 5.91 Å². The molecule has 1 fully saturated rings. The molecule has 2 aromatic heterocycles. The quantitative estimate of drug-likeness (QED) is 0.887. The summed E-state index contributed by atoms with van der Waals surface area (Å²) in [5.74, 6) is -0.933. The van der Waals surface area contributed by atoms with Gasteiger partial charge in [0.2, 0.25) is 0 Å². The molecule has 1 saturated carbocycles. The summed E-state index contributed by atoms with van der Waals surface area (Å²) in [6.07, 6.45) is 8.51. The zero-order valence-electron chi connectivity index (χ0n) is 13.9. The van der Waals surface area contributed by atoms with Crippen molar-refractivity contribution >= 4 is 17.9 Å². The maximum atomic E-state index is 14.9. The molecule has 0 spiro atoms. The number of nitrogens with zero attached hydrogens (tertiary/aromatic N) is 4. The van der Waals surface area contributed by atoms with Gasteiger partial charge in [0.05, 0.1) is 17.5 Å². The van der Waals surface area contributed by atoms with Crippen LogP contribution < -0.4 is 11.1 Å². The number of aromatic nitrogens is 3. The number of hydrogen-bond acceptors (Lipinski definition) is 5. The van der Waals surface area contributed by atoms with Crippen molar-refractivity contribution in [2.24, 2.45) is 17.8 Å². The Bertz CT molecular complexity index is 874. The number of halogens is 1. The van der Waals surface area contributed by atoms with Gasteiger partial charge >= 0.3 is 0 Å². The molecule has 0 radical (unpaired) electrons. The maximum absolute atomic E-state index is 14.9. The van der Waals surface area contributed by atoms with E-state index >= 15 is 0 Å². The van der Waals surface area contributed by atoms with Crippen LogP contribution in [0.2, 0.25) is 0 Å². The Kier molecular flexibility index (Phi) is 3.84. The molecule has 4 rings (SSSR count). The number of nitrogens with one attached hydrogen (secondary N) is 1. The van der Waals surface area contributed by atoms with Crippen LogP contribution in [-0.4, -0.2) is 39.0 Å². The molecule has 0 unspecified atom stereocenters. The van der Waals surface area contributed by atoms with Gasteiger partial charge in [-0.15, -0.1) is 0 Å². The largest absolute Gasteiger partial charge is 0.363 e. The number of pyridine rings is 1. The Morgan fingerprint density at radius 1 is 1.36 bits per heavy atom. The first-order valence-corrected chi connectivity index (χ1v) is 8.37. The van der Waals surface area contributed by atoms with Crippen molar-refractivity contribution < 1.29 is 9.18 Å². The van der Waals surface area contributed by atoms with Crippen molar-refractivity contribution in [2.75, 3.05) is 5.32 Å². The minimum absolute atomic E-state index is 0.0374. The Balaban J connectivity index is 1.80. The number of nitrogens with two attached hydrogens (primary N) is 1. The summed E-state index contributed by atoms with van der Waals surface area (Å²) in [5, 5.41) is 7.26. The standard InChI is InChI=1S/C17H19FN6O/c1-24-8-9(6-21-24)15-13-10(7-20-17(13)25)14(18)16(23-15)22-12-5-3-2-4-11(12)19/h6-8,11-12H,2-5,19H2,1H3,(H,22,23)/t11-,12+/m0/s1. The third-order valence-corrected chi connectivity index (χ3v) is 4.82. The van der Waals surface area contributed by atoms with Gasteiger partial charge in [0.15, 0.2) is 11.6 Å². The molecular formula is C17H19FN6O. The first-order valence-electron chi connectivity index (χ1n) is 8.37. The second-order valence-electron chi connectivity index (χ2n) is 6.58. The van der Waals surface area contributed by atoms with Crippen molar-refractivity contribution in [3.8, 4) is 11.3 Å². The first kappa shape index (κ1) is 15.9. The highest BCUT2D eigenvalue weighted by Crippen LogP contribution is 2.33. The van der Waals surface area contributed by atoms with E-state index < -0.39 is 11.7 Å². The molecule has 3 N–H and O–H groups in total. The number of rotatable bonds is 3. The van der Waals surface area contributed by atoms with Crippen molar-refractivity contribution in [3.05, 3.63) is 29.3 Å². The van der Waals surface area contributed by atoms with Gasteiger partial charge < -0.3 is 11.1 Å². The summed E-state index contributed by atoms with van der Waals surface area (Å²) in [7, 11) is 1.77. The first-order chi connectivity index (χ1) is 12.0. The molecule has 25 heavy (non-hydrogen) atoms. The Morgan fingerprint density at radius 3 is 2.88 bits per heavy atom. The summed E-state index contributed by atoms with van der Waals surface area (Å²) < 4.78 is 16.5. The number of carbonyl (C=O) groups excluding carboxylic acids is 1. The lowest BCUT2D eigenvalue weighted by Gasteiger charge is -2.30. The molecule has 1 amide bonds. The zero-order chi connectivity index (χ0) is 17.6. The molecule has 3 heterocycles. The zero-order valence-corrected chi connectivity index (χ0v) is 13.9. The summed E-state index contributed by atoms with van der Waals surface area (Å²) in [6, 6.07) is -0.0788. The van der Waals surface area contributed by atoms with E-state index in [0.717, 1.165) is 25.7 Å². The van der Waals surface area contributed by atoms with Crippen LogP contribution in [0.25, 0.3) is 11.3 Å². The minimum atomic E-state index is -0.560. The fourth-order valence-electron chi connectivity index (χ4n) is 3.47. The van der Waals surface area contributed by atoms with Gasteiger partial charge in [0, 0.05) is 42.7 Å². The maximum Gasteiger partial charge on any atom is 0.279 e. The Hall–Kier alpha value is -2.61. The molecule has 2 atom stereocenters. The monoisotopic (exact) mass is 342 g/mol. The van der Waals surface area contributed by atoms with E-state index in [9.17, 15) is 9.18 Å². The highest BCUT2D eigenvalue weighted by Gasteiger charge is 2.30. The van der Waals surface area contributed by atoms with Crippen molar-refractivity contribution in [3.63, 3.8) is 0 Å². The van der Waals surface area contributed by atoms with E-state index in [2.05, 4.69) is 20.4 Å². The van der Waals surface area contributed by atoms with Crippen molar-refractivity contribution in [2.45, 2.75) is 37.8 Å². The number of anilines is 1. The summed E-state index contributed by atoms with van der Waals surface area (Å²) in [4.78, 5) is 20.2. The Morgan fingerprint density at radius 2 is 2.16 bits per heavy atom. The van der Waals surface area contributed by atoms with E-state index in [1.54, 1.807) is 24.1 Å². The lowest BCUT2D eigenvalue weighted by molar-refractivity contribution is 0.101. The molecule has 1 aliphatic heterocycles. The van der Waals surface area contributed by atoms with Crippen LogP contribution in [0.5, 0.6) is 0 Å². The van der Waals surface area contributed by atoms with Crippen LogP contribution in [0.4, 0.5) is 10.2 Å². The van der Waals surface area contributed by atoms with Gasteiger partial charge in [-0.2, -0.15) is 5.10 Å². The predicted octanol–water partition coefficient (Wildman–Crippen LogP) is 1.88. The number of hydrogen-bond donors (Lipinski definition) is 2. The number of aliphatic imine (C=N–C) groups is 1. The van der Waals surface area contributed by atoms with Gasteiger partial charge in [-0.05, 0) is 12.8 Å². The fourth-order valence-corrected chi connectivity index (χ4v) is 3.47. The van der Waals surface area contributed by atoms with Crippen molar-refractivity contribution in [1.82, 2.24) is 14.8 Å². The Labute approximate surface area is 144 Å². The molecule has 0 saturated heterocycles. The van der Waals surface area contributed by atoms with Gasteiger partial charge in [-0.25, -0.2) is 14.4 Å². The van der Waals surface area contributed by atoms with Crippen LogP contribution in [0.3, 0.4) is 0 Å². The molecule has 2 aromatic rings. The molecule has 1 aliphatic carbocycles.